The van der Waals surface area contributed by atoms with Gasteiger partial charge in [0.25, 0.3) is 0 Å². The van der Waals surface area contributed by atoms with Crippen molar-refractivity contribution in [2.45, 2.75) is 13.8 Å². The highest BCUT2D eigenvalue weighted by molar-refractivity contribution is 8.26. The number of aliphatic hydroxyl groups excluding tert-OH is 1. The van der Waals surface area contributed by atoms with Crippen LogP contribution in [0.2, 0.25) is 0 Å². The van der Waals surface area contributed by atoms with Crippen molar-refractivity contribution in [1.29, 1.82) is 0 Å². The lowest BCUT2D eigenvalue weighted by molar-refractivity contribution is 0.0599. The molecule has 0 spiro atoms. The maximum Gasteiger partial charge on any atom is 0.337 e. The second kappa shape index (κ2) is 15.8. The summed E-state index contributed by atoms with van der Waals surface area (Å²) < 4.78 is 39.1. The van der Waals surface area contributed by atoms with E-state index in [9.17, 15) is 18.4 Å². The normalized spacial score (nSPS) is 9.03. The van der Waals surface area contributed by atoms with Crippen LogP contribution in [0.5, 0.6) is 0 Å². The van der Waals surface area contributed by atoms with Crippen LogP contribution in [-0.2, 0) is 14.0 Å². The molecule has 0 heterocycles. The first-order valence-corrected chi connectivity index (χ1v) is 10.3. The van der Waals surface area contributed by atoms with Crippen molar-refractivity contribution in [2.75, 3.05) is 14.2 Å². The van der Waals surface area contributed by atoms with Crippen LogP contribution in [0.25, 0.3) is 0 Å². The molecule has 29 heavy (non-hydrogen) atoms. The fourth-order valence-corrected chi connectivity index (χ4v) is 1.56. The number of aromatic carboxylic acids is 1. The van der Waals surface area contributed by atoms with E-state index in [4.69, 9.17) is 14.4 Å². The molecule has 0 aliphatic heterocycles. The molecule has 0 saturated heterocycles. The van der Waals surface area contributed by atoms with Crippen molar-refractivity contribution in [1.82, 2.24) is 0 Å². The molecule has 0 radical (unpaired) electrons. The maximum absolute atomic E-state index is 12.9. The Morgan fingerprint density at radius 2 is 1.28 bits per heavy atom. The quantitative estimate of drug-likeness (QED) is 0.495. The molecule has 0 unspecified atom stereocenters. The zero-order chi connectivity index (χ0) is 23.1. The molecule has 0 fully saturated rings. The second-order valence-electron chi connectivity index (χ2n) is 4.91. The molecule has 162 valence electrons. The lowest BCUT2D eigenvalue weighted by atomic mass is 10.1. The minimum absolute atomic E-state index is 0.0203. The van der Waals surface area contributed by atoms with E-state index in [-0.39, 0.29) is 11.1 Å². The van der Waals surface area contributed by atoms with Gasteiger partial charge in [-0.15, -0.1) is 0 Å². The third kappa shape index (κ3) is 12.9. The fourth-order valence-electron chi connectivity index (χ4n) is 1.56. The van der Waals surface area contributed by atoms with Crippen molar-refractivity contribution in [3.05, 3.63) is 70.3 Å². The topological polar surface area (TPSA) is 101 Å². The molecule has 0 saturated carbocycles. The first-order chi connectivity index (χ1) is 13.5. The Morgan fingerprint density at radius 1 is 0.931 bits per heavy atom. The van der Waals surface area contributed by atoms with Crippen molar-refractivity contribution in [3.8, 4) is 0 Å². The van der Waals surface area contributed by atoms with Gasteiger partial charge in [-0.3, -0.25) is 0 Å². The van der Waals surface area contributed by atoms with E-state index < -0.39 is 32.8 Å². The van der Waals surface area contributed by atoms with Gasteiger partial charge in [-0.25, -0.2) is 22.6 Å². The summed E-state index contributed by atoms with van der Waals surface area (Å²) in [5.41, 5.74) is 1.19. The van der Waals surface area contributed by atoms with Crippen LogP contribution < -0.4 is 0 Å². The SMILES string of the molecule is CO.COC(=O)c1ccc(C)c(F)c1.Cc1ccc(C(=O)O)cc1F.O=S(Cl)Cl. The summed E-state index contributed by atoms with van der Waals surface area (Å²) in [6, 6.07) is 8.07. The van der Waals surface area contributed by atoms with Gasteiger partial charge in [0, 0.05) is 28.5 Å². The first-order valence-electron chi connectivity index (χ1n) is 7.52. The van der Waals surface area contributed by atoms with E-state index in [0.717, 1.165) is 13.2 Å². The van der Waals surface area contributed by atoms with E-state index >= 15 is 0 Å². The minimum Gasteiger partial charge on any atom is -0.478 e. The number of benzene rings is 2. The van der Waals surface area contributed by atoms with Crippen LogP contribution in [0.15, 0.2) is 36.4 Å². The number of aryl methyl sites for hydroxylation is 2. The molecule has 11 heteroatoms. The number of esters is 1. The van der Waals surface area contributed by atoms with E-state index in [1.165, 1.54) is 31.4 Å². The van der Waals surface area contributed by atoms with Crippen LogP contribution in [0.4, 0.5) is 8.78 Å². The molecule has 2 aromatic carbocycles. The summed E-state index contributed by atoms with van der Waals surface area (Å²) in [5, 5.41) is 15.4. The number of hydrogen-bond donors (Lipinski definition) is 2. The average molecular weight is 473 g/mol. The smallest absolute Gasteiger partial charge is 0.337 e. The molecule has 0 amide bonds. The predicted molar refractivity (Wildman–Crippen MR) is 109 cm³/mol. The van der Waals surface area contributed by atoms with E-state index in [0.29, 0.717) is 11.1 Å². The van der Waals surface area contributed by atoms with Gasteiger partial charge >= 0.3 is 11.9 Å². The number of aliphatic hydroxyl groups is 1. The molecule has 0 aromatic heterocycles. The van der Waals surface area contributed by atoms with Gasteiger partial charge in [-0.2, -0.15) is 0 Å². The fraction of sp³-hybridized carbons (Fsp3) is 0.222. The number of ether oxygens (including phenoxy) is 1. The predicted octanol–water partition coefficient (Wildman–Crippen LogP) is 4.40. The number of rotatable bonds is 2. The number of carboxylic acid groups (broad SMARTS) is 1. The Morgan fingerprint density at radius 3 is 1.59 bits per heavy atom. The minimum atomic E-state index is -1.67. The molecular formula is C18H20Cl2F2O6S. The number of carboxylic acids is 1. The van der Waals surface area contributed by atoms with Crippen LogP contribution in [0.1, 0.15) is 31.8 Å². The van der Waals surface area contributed by atoms with Gasteiger partial charge in [-0.1, -0.05) is 12.1 Å². The van der Waals surface area contributed by atoms with Crippen LogP contribution in [0.3, 0.4) is 0 Å². The molecule has 0 atom stereocenters. The number of methoxy groups -OCH3 is 1. The summed E-state index contributed by atoms with van der Waals surface area (Å²) in [6.07, 6.45) is 0. The van der Waals surface area contributed by atoms with Crippen molar-refractivity contribution in [3.63, 3.8) is 0 Å². The van der Waals surface area contributed by atoms with Crippen molar-refractivity contribution in [2.24, 2.45) is 0 Å². The van der Waals surface area contributed by atoms with Crippen LogP contribution in [0, 0.1) is 25.5 Å². The van der Waals surface area contributed by atoms with Gasteiger partial charge in [0.2, 0.25) is 9.23 Å². The standard InChI is InChI=1S/C9H9FO2.C8H7FO2.CH4O.Cl2OS/c1-6-3-4-7(5-8(6)10)9(11)12-2;1-5-2-3-6(8(10)11)4-7(5)9;1-2;1-4(2)3/h3-5H,1-2H3;2-4H,1H3,(H,10,11);2H,1H3;. The summed E-state index contributed by atoms with van der Waals surface area (Å²) >= 11 is 0. The average Bonchev–Trinajstić information content (AvgIpc) is 2.67. The lowest BCUT2D eigenvalue weighted by Crippen LogP contribution is -2.01. The van der Waals surface area contributed by atoms with E-state index in [2.05, 4.69) is 26.1 Å². The van der Waals surface area contributed by atoms with E-state index in [1.807, 2.05) is 0 Å². The van der Waals surface area contributed by atoms with Crippen LogP contribution in [-0.4, -0.2) is 40.6 Å². The Hall–Kier alpha value is -2.07. The zero-order valence-corrected chi connectivity index (χ0v) is 18.2. The lowest BCUT2D eigenvalue weighted by Gasteiger charge is -2.00. The highest BCUT2D eigenvalue weighted by atomic mass is 36.0. The van der Waals surface area contributed by atoms with Gasteiger partial charge in [0.05, 0.1) is 18.2 Å². The van der Waals surface area contributed by atoms with Crippen molar-refractivity contribution >= 4 is 42.5 Å². The van der Waals surface area contributed by atoms with Gasteiger partial charge < -0.3 is 14.9 Å². The summed E-state index contributed by atoms with van der Waals surface area (Å²) in [7, 11) is 9.62. The van der Waals surface area contributed by atoms with Crippen LogP contribution >= 0.6 is 21.4 Å². The Balaban J connectivity index is 0. The third-order valence-corrected chi connectivity index (χ3v) is 3.01. The number of halogens is 4. The zero-order valence-electron chi connectivity index (χ0n) is 15.9. The number of carbonyl (C=O) groups excluding carboxylic acids is 1. The summed E-state index contributed by atoms with van der Waals surface area (Å²) in [6.45, 7) is 3.22. The third-order valence-electron chi connectivity index (χ3n) is 3.01. The highest BCUT2D eigenvalue weighted by Crippen LogP contribution is 2.10. The van der Waals surface area contributed by atoms with Gasteiger partial charge in [-0.05, 0) is 49.2 Å². The second-order valence-corrected chi connectivity index (χ2v) is 7.43. The molecule has 0 aliphatic carbocycles. The molecule has 2 aromatic rings. The summed E-state index contributed by atoms with van der Waals surface area (Å²) in [5.74, 6) is -2.50. The highest BCUT2D eigenvalue weighted by Gasteiger charge is 2.07. The van der Waals surface area contributed by atoms with E-state index in [1.54, 1.807) is 19.9 Å². The number of carbonyl (C=O) groups is 2. The van der Waals surface area contributed by atoms with Crippen molar-refractivity contribution < 1.29 is 37.5 Å². The molecule has 0 aliphatic rings. The Bertz CT molecular complexity index is 830. The molecule has 6 nitrogen and oxygen atoms in total. The molecule has 0 bridgehead atoms. The monoisotopic (exact) mass is 472 g/mol. The number of hydrogen-bond acceptors (Lipinski definition) is 5. The molecule has 2 rings (SSSR count). The largest absolute Gasteiger partial charge is 0.478 e. The molecular weight excluding hydrogens is 453 g/mol. The first kappa shape index (κ1) is 29.1. The summed E-state index contributed by atoms with van der Waals surface area (Å²) in [4.78, 5) is 21.2. The Labute approximate surface area is 178 Å². The van der Waals surface area contributed by atoms with Gasteiger partial charge in [0.15, 0.2) is 0 Å². The molecule has 2 N–H and O–H groups in total. The Kier molecular flexibility index (Phi) is 15.9. The van der Waals surface area contributed by atoms with Gasteiger partial charge in [0.1, 0.15) is 11.6 Å². The maximum atomic E-state index is 12.9.